The van der Waals surface area contributed by atoms with E-state index in [1.54, 1.807) is 32.9 Å². The lowest BCUT2D eigenvalue weighted by molar-refractivity contribution is 0.0635. The van der Waals surface area contributed by atoms with Gasteiger partial charge in [0.1, 0.15) is 11.4 Å². The molecule has 0 aliphatic carbocycles. The van der Waals surface area contributed by atoms with E-state index in [1.165, 1.54) is 18.2 Å². The van der Waals surface area contributed by atoms with Crippen molar-refractivity contribution < 1.29 is 13.9 Å². The number of nitrogens with one attached hydrogen (secondary N) is 2. The number of anilines is 3. The highest BCUT2D eigenvalue weighted by molar-refractivity contribution is 6.31. The Morgan fingerprint density at radius 3 is 2.39 bits per heavy atom. The van der Waals surface area contributed by atoms with Crippen LogP contribution in [0.3, 0.4) is 0 Å². The standard InChI is InChI=1S/C15H16ClFN4O2/c1-15(2,3)23-14(22)19-13-7-6-12(20-21-13)18-9-4-5-11(17)10(16)8-9/h4-8H,1-3H3,(H,18,20)(H,19,21,22). The average molecular weight is 339 g/mol. The zero-order valence-corrected chi connectivity index (χ0v) is 13.6. The molecule has 1 aromatic carbocycles. The zero-order chi connectivity index (χ0) is 17.0. The number of halogens is 2. The number of rotatable bonds is 3. The van der Waals surface area contributed by atoms with Crippen LogP contribution >= 0.6 is 11.6 Å². The number of carbonyl (C=O) groups is 1. The number of hydrogen-bond acceptors (Lipinski definition) is 5. The fourth-order valence-corrected chi connectivity index (χ4v) is 1.78. The molecule has 0 saturated heterocycles. The molecule has 1 aromatic heterocycles. The third-order valence-electron chi connectivity index (χ3n) is 2.49. The molecule has 0 bridgehead atoms. The van der Waals surface area contributed by atoms with Gasteiger partial charge < -0.3 is 10.1 Å². The van der Waals surface area contributed by atoms with Gasteiger partial charge in [0.15, 0.2) is 11.6 Å². The van der Waals surface area contributed by atoms with Crippen molar-refractivity contribution in [1.29, 1.82) is 0 Å². The van der Waals surface area contributed by atoms with Crippen LogP contribution in [-0.2, 0) is 4.74 Å². The van der Waals surface area contributed by atoms with E-state index in [9.17, 15) is 9.18 Å². The lowest BCUT2D eigenvalue weighted by Crippen LogP contribution is -2.27. The monoisotopic (exact) mass is 338 g/mol. The number of amides is 1. The highest BCUT2D eigenvalue weighted by atomic mass is 35.5. The van der Waals surface area contributed by atoms with Gasteiger partial charge in [0.05, 0.1) is 5.02 Å². The van der Waals surface area contributed by atoms with Crippen LogP contribution in [0.25, 0.3) is 0 Å². The first-order valence-electron chi connectivity index (χ1n) is 6.79. The Balaban J connectivity index is 1.99. The maximum absolute atomic E-state index is 13.1. The second kappa shape index (κ2) is 6.78. The van der Waals surface area contributed by atoms with Crippen LogP contribution in [0.4, 0.5) is 26.5 Å². The fourth-order valence-electron chi connectivity index (χ4n) is 1.60. The maximum Gasteiger partial charge on any atom is 0.413 e. The molecule has 0 unspecified atom stereocenters. The van der Waals surface area contributed by atoms with E-state index in [-0.39, 0.29) is 10.8 Å². The SMILES string of the molecule is CC(C)(C)OC(=O)Nc1ccc(Nc2ccc(F)c(Cl)c2)nn1. The molecule has 2 rings (SSSR count). The van der Waals surface area contributed by atoms with Gasteiger partial charge in [-0.25, -0.2) is 9.18 Å². The highest BCUT2D eigenvalue weighted by Gasteiger charge is 2.16. The quantitative estimate of drug-likeness (QED) is 0.869. The van der Waals surface area contributed by atoms with Crippen molar-refractivity contribution in [3.63, 3.8) is 0 Å². The summed E-state index contributed by atoms with van der Waals surface area (Å²) in [5.74, 6) is 0.171. The number of nitrogens with zero attached hydrogens (tertiary/aromatic N) is 2. The lowest BCUT2D eigenvalue weighted by Gasteiger charge is -2.19. The van der Waals surface area contributed by atoms with Gasteiger partial charge in [-0.2, -0.15) is 0 Å². The first-order chi connectivity index (χ1) is 10.7. The van der Waals surface area contributed by atoms with Crippen molar-refractivity contribution >= 4 is 35.0 Å². The fraction of sp³-hybridized carbons (Fsp3) is 0.267. The van der Waals surface area contributed by atoms with E-state index >= 15 is 0 Å². The molecule has 1 heterocycles. The predicted molar refractivity (Wildman–Crippen MR) is 86.6 cm³/mol. The average Bonchev–Trinajstić information content (AvgIpc) is 2.43. The van der Waals surface area contributed by atoms with Gasteiger partial charge in [-0.3, -0.25) is 5.32 Å². The molecule has 2 N–H and O–H groups in total. The normalized spacial score (nSPS) is 11.0. The van der Waals surface area contributed by atoms with E-state index < -0.39 is 17.5 Å². The Morgan fingerprint density at radius 1 is 1.17 bits per heavy atom. The van der Waals surface area contributed by atoms with Gasteiger partial charge in [-0.1, -0.05) is 11.6 Å². The summed E-state index contributed by atoms with van der Waals surface area (Å²) in [6.07, 6.45) is -0.613. The Kier molecular flexibility index (Phi) is 5.00. The number of hydrogen-bond donors (Lipinski definition) is 2. The van der Waals surface area contributed by atoms with Crippen LogP contribution in [0.5, 0.6) is 0 Å². The number of carbonyl (C=O) groups excluding carboxylic acids is 1. The van der Waals surface area contributed by atoms with E-state index in [0.717, 1.165) is 0 Å². The molecular formula is C15H16ClFN4O2. The molecule has 23 heavy (non-hydrogen) atoms. The molecule has 0 fully saturated rings. The van der Waals surface area contributed by atoms with Gasteiger partial charge in [0.25, 0.3) is 0 Å². The zero-order valence-electron chi connectivity index (χ0n) is 12.9. The van der Waals surface area contributed by atoms with Crippen LogP contribution in [-0.4, -0.2) is 21.9 Å². The first kappa shape index (κ1) is 17.0. The molecule has 6 nitrogen and oxygen atoms in total. The molecule has 2 aromatic rings. The summed E-state index contributed by atoms with van der Waals surface area (Å²) < 4.78 is 18.2. The van der Waals surface area contributed by atoms with Crippen LogP contribution in [0.1, 0.15) is 20.8 Å². The van der Waals surface area contributed by atoms with Crippen molar-refractivity contribution in [2.45, 2.75) is 26.4 Å². The topological polar surface area (TPSA) is 76.1 Å². The molecule has 8 heteroatoms. The summed E-state index contributed by atoms with van der Waals surface area (Å²) >= 11 is 5.70. The van der Waals surface area contributed by atoms with E-state index in [2.05, 4.69) is 20.8 Å². The molecule has 0 saturated carbocycles. The van der Waals surface area contributed by atoms with E-state index in [4.69, 9.17) is 16.3 Å². The Morgan fingerprint density at radius 2 is 1.83 bits per heavy atom. The third kappa shape index (κ3) is 5.37. The summed E-state index contributed by atoms with van der Waals surface area (Å²) in [4.78, 5) is 11.6. The third-order valence-corrected chi connectivity index (χ3v) is 2.78. The summed E-state index contributed by atoms with van der Waals surface area (Å²) in [5.41, 5.74) is -0.0283. The minimum atomic E-state index is -0.613. The summed E-state index contributed by atoms with van der Waals surface area (Å²) in [7, 11) is 0. The first-order valence-corrected chi connectivity index (χ1v) is 7.16. The Labute approximate surface area is 138 Å². The van der Waals surface area contributed by atoms with Gasteiger partial charge >= 0.3 is 6.09 Å². The molecule has 0 spiro atoms. The lowest BCUT2D eigenvalue weighted by atomic mass is 10.2. The van der Waals surface area contributed by atoms with Crippen LogP contribution < -0.4 is 10.6 Å². The number of ether oxygens (including phenoxy) is 1. The van der Waals surface area contributed by atoms with Gasteiger partial charge in [-0.05, 0) is 51.1 Å². The number of benzene rings is 1. The number of aromatic nitrogens is 2. The Bertz CT molecular complexity index is 702. The van der Waals surface area contributed by atoms with Crippen molar-refractivity contribution in [3.8, 4) is 0 Å². The molecule has 0 aliphatic rings. The second-order valence-corrected chi connectivity index (χ2v) is 6.09. The van der Waals surface area contributed by atoms with Crippen molar-refractivity contribution in [3.05, 3.63) is 41.2 Å². The predicted octanol–water partition coefficient (Wildman–Crippen LogP) is 4.36. The largest absolute Gasteiger partial charge is 0.444 e. The van der Waals surface area contributed by atoms with Crippen molar-refractivity contribution in [1.82, 2.24) is 10.2 Å². The minimum absolute atomic E-state index is 0.00571. The van der Waals surface area contributed by atoms with Gasteiger partial charge in [0.2, 0.25) is 0 Å². The highest BCUT2D eigenvalue weighted by Crippen LogP contribution is 2.22. The molecule has 1 amide bonds. The summed E-state index contributed by atoms with van der Waals surface area (Å²) in [6, 6.07) is 7.37. The molecule has 122 valence electrons. The maximum atomic E-state index is 13.1. The van der Waals surface area contributed by atoms with Crippen molar-refractivity contribution in [2.75, 3.05) is 10.6 Å². The van der Waals surface area contributed by atoms with E-state index in [1.807, 2.05) is 0 Å². The van der Waals surface area contributed by atoms with Crippen LogP contribution in [0, 0.1) is 5.82 Å². The molecular weight excluding hydrogens is 323 g/mol. The minimum Gasteiger partial charge on any atom is -0.444 e. The molecule has 0 aliphatic heterocycles. The molecule has 0 radical (unpaired) electrons. The van der Waals surface area contributed by atoms with Gasteiger partial charge in [-0.15, -0.1) is 10.2 Å². The summed E-state index contributed by atoms with van der Waals surface area (Å²) in [6.45, 7) is 5.29. The van der Waals surface area contributed by atoms with Crippen LogP contribution in [0.15, 0.2) is 30.3 Å². The second-order valence-electron chi connectivity index (χ2n) is 5.68. The van der Waals surface area contributed by atoms with Crippen molar-refractivity contribution in [2.24, 2.45) is 0 Å². The molecule has 0 atom stereocenters. The Hall–Kier alpha value is -2.41. The van der Waals surface area contributed by atoms with Gasteiger partial charge in [0, 0.05) is 5.69 Å². The summed E-state index contributed by atoms with van der Waals surface area (Å²) in [5, 5.41) is 13.2. The van der Waals surface area contributed by atoms with Crippen LogP contribution in [0.2, 0.25) is 5.02 Å². The van der Waals surface area contributed by atoms with E-state index in [0.29, 0.717) is 11.5 Å². The smallest absolute Gasteiger partial charge is 0.413 e.